The van der Waals surface area contributed by atoms with Crippen molar-refractivity contribution in [3.8, 4) is 22.7 Å². The molecule has 1 aliphatic carbocycles. The number of carbonyl (C=O) groups excluding carboxylic acids is 2. The second-order valence-electron chi connectivity index (χ2n) is 8.36. The van der Waals surface area contributed by atoms with Gasteiger partial charge < -0.3 is 10.1 Å². The van der Waals surface area contributed by atoms with Gasteiger partial charge in [0.1, 0.15) is 11.6 Å². The number of ether oxygens (including phenoxy) is 1. The monoisotopic (exact) mass is 473 g/mol. The fourth-order valence-electron chi connectivity index (χ4n) is 3.87. The van der Waals surface area contributed by atoms with E-state index in [-0.39, 0.29) is 23.2 Å². The van der Waals surface area contributed by atoms with E-state index >= 15 is 0 Å². The SMILES string of the molecule is CC(=O)Oc1c(-c2ccc(NC(=O)c3cccc(F)c3)cc2)c(C2CC2)nn1-c1ccc(F)cc1. The van der Waals surface area contributed by atoms with Gasteiger partial charge >= 0.3 is 5.97 Å². The van der Waals surface area contributed by atoms with E-state index < -0.39 is 17.7 Å². The van der Waals surface area contributed by atoms with Crippen LogP contribution in [0.5, 0.6) is 5.88 Å². The Bertz CT molecular complexity index is 1410. The van der Waals surface area contributed by atoms with E-state index in [9.17, 15) is 18.4 Å². The topological polar surface area (TPSA) is 73.2 Å². The molecule has 35 heavy (non-hydrogen) atoms. The second-order valence-corrected chi connectivity index (χ2v) is 8.36. The number of halogens is 2. The van der Waals surface area contributed by atoms with E-state index in [4.69, 9.17) is 9.84 Å². The number of rotatable bonds is 6. The van der Waals surface area contributed by atoms with Gasteiger partial charge in [-0.1, -0.05) is 18.2 Å². The minimum Gasteiger partial charge on any atom is -0.407 e. The van der Waals surface area contributed by atoms with Gasteiger partial charge in [-0.3, -0.25) is 9.59 Å². The highest BCUT2D eigenvalue weighted by atomic mass is 19.1. The zero-order valence-corrected chi connectivity index (χ0v) is 18.8. The quantitative estimate of drug-likeness (QED) is 0.356. The van der Waals surface area contributed by atoms with Gasteiger partial charge in [-0.05, 0) is 73.0 Å². The largest absolute Gasteiger partial charge is 0.407 e. The maximum absolute atomic E-state index is 13.5. The minimum absolute atomic E-state index is 0.211. The van der Waals surface area contributed by atoms with Crippen molar-refractivity contribution >= 4 is 17.6 Å². The molecule has 1 saturated carbocycles. The van der Waals surface area contributed by atoms with Gasteiger partial charge in [0.2, 0.25) is 5.88 Å². The van der Waals surface area contributed by atoms with Crippen LogP contribution < -0.4 is 10.1 Å². The van der Waals surface area contributed by atoms with E-state index in [1.807, 2.05) is 0 Å². The Balaban J connectivity index is 1.51. The van der Waals surface area contributed by atoms with E-state index in [1.54, 1.807) is 36.4 Å². The maximum atomic E-state index is 13.5. The van der Waals surface area contributed by atoms with Gasteiger partial charge in [0, 0.05) is 24.1 Å². The van der Waals surface area contributed by atoms with E-state index in [1.165, 1.54) is 48.0 Å². The summed E-state index contributed by atoms with van der Waals surface area (Å²) in [4.78, 5) is 24.4. The number of hydrogen-bond donors (Lipinski definition) is 1. The summed E-state index contributed by atoms with van der Waals surface area (Å²) in [6, 6.07) is 18.3. The van der Waals surface area contributed by atoms with Crippen molar-refractivity contribution in [3.05, 3.63) is 95.7 Å². The molecule has 1 fully saturated rings. The highest BCUT2D eigenvalue weighted by Gasteiger charge is 2.34. The van der Waals surface area contributed by atoms with Gasteiger partial charge in [0.25, 0.3) is 5.91 Å². The standard InChI is InChI=1S/C27H21F2N3O3/c1-16(33)35-27-24(25(18-5-6-18)31-32(27)23-13-9-20(28)10-14-23)17-7-11-22(12-8-17)30-26(34)19-3-2-4-21(29)15-19/h2-4,7-15,18H,5-6H2,1H3,(H,30,34). The van der Waals surface area contributed by atoms with Crippen molar-refractivity contribution in [3.63, 3.8) is 0 Å². The number of nitrogens with one attached hydrogen (secondary N) is 1. The number of benzene rings is 3. The summed E-state index contributed by atoms with van der Waals surface area (Å²) in [5.41, 5.74) is 3.52. The normalized spacial score (nSPS) is 12.9. The van der Waals surface area contributed by atoms with Crippen LogP contribution in [0.3, 0.4) is 0 Å². The average molecular weight is 473 g/mol. The molecular formula is C27H21F2N3O3. The van der Waals surface area contributed by atoms with Crippen molar-refractivity contribution < 1.29 is 23.1 Å². The molecule has 1 amide bonds. The first-order valence-electron chi connectivity index (χ1n) is 11.1. The molecule has 1 N–H and O–H groups in total. The van der Waals surface area contributed by atoms with Gasteiger partial charge in [-0.2, -0.15) is 9.78 Å². The van der Waals surface area contributed by atoms with E-state index in [0.717, 1.165) is 24.1 Å². The Hall–Kier alpha value is -4.33. The van der Waals surface area contributed by atoms with Crippen LogP contribution in [0.15, 0.2) is 72.8 Å². The van der Waals surface area contributed by atoms with Crippen LogP contribution in [0.2, 0.25) is 0 Å². The van der Waals surface area contributed by atoms with Gasteiger partial charge in [0.05, 0.1) is 16.9 Å². The Morgan fingerprint density at radius 2 is 1.69 bits per heavy atom. The van der Waals surface area contributed by atoms with Crippen LogP contribution >= 0.6 is 0 Å². The van der Waals surface area contributed by atoms with Crippen LogP contribution in [0, 0.1) is 11.6 Å². The lowest BCUT2D eigenvalue weighted by molar-refractivity contribution is -0.132. The molecular weight excluding hydrogens is 452 g/mol. The van der Waals surface area contributed by atoms with Crippen LogP contribution in [0.4, 0.5) is 14.5 Å². The predicted molar refractivity (Wildman–Crippen MR) is 127 cm³/mol. The number of carbonyl (C=O) groups is 2. The number of nitrogens with zero attached hydrogens (tertiary/aromatic N) is 2. The lowest BCUT2D eigenvalue weighted by Gasteiger charge is -2.10. The number of aromatic nitrogens is 2. The molecule has 0 bridgehead atoms. The van der Waals surface area contributed by atoms with Gasteiger partial charge in [-0.15, -0.1) is 0 Å². The van der Waals surface area contributed by atoms with Crippen molar-refractivity contribution in [1.82, 2.24) is 9.78 Å². The van der Waals surface area contributed by atoms with Crippen LogP contribution in [-0.4, -0.2) is 21.7 Å². The Kier molecular flexibility index (Phi) is 5.86. The molecule has 0 saturated heterocycles. The number of amides is 1. The van der Waals surface area contributed by atoms with Crippen LogP contribution in [-0.2, 0) is 4.79 Å². The van der Waals surface area contributed by atoms with Crippen LogP contribution in [0.1, 0.15) is 41.7 Å². The summed E-state index contributed by atoms with van der Waals surface area (Å²) >= 11 is 0. The Morgan fingerprint density at radius 1 is 0.971 bits per heavy atom. The molecule has 176 valence electrons. The summed E-state index contributed by atoms with van der Waals surface area (Å²) in [7, 11) is 0. The maximum Gasteiger partial charge on any atom is 0.309 e. The van der Waals surface area contributed by atoms with Crippen molar-refractivity contribution in [2.75, 3.05) is 5.32 Å². The summed E-state index contributed by atoms with van der Waals surface area (Å²) < 4.78 is 34.1. The first kappa shape index (κ1) is 22.5. The molecule has 0 aliphatic heterocycles. The lowest BCUT2D eigenvalue weighted by Crippen LogP contribution is -2.11. The highest BCUT2D eigenvalue weighted by molar-refractivity contribution is 6.04. The Labute approximate surface area is 200 Å². The smallest absolute Gasteiger partial charge is 0.309 e. The predicted octanol–water partition coefficient (Wildman–Crippen LogP) is 5.87. The highest BCUT2D eigenvalue weighted by Crippen LogP contribution is 2.48. The molecule has 1 heterocycles. The fourth-order valence-corrected chi connectivity index (χ4v) is 3.87. The summed E-state index contributed by atoms with van der Waals surface area (Å²) in [5.74, 6) is -1.32. The van der Waals surface area contributed by atoms with Crippen molar-refractivity contribution in [1.29, 1.82) is 0 Å². The average Bonchev–Trinajstić information content (AvgIpc) is 3.62. The number of anilines is 1. The summed E-state index contributed by atoms with van der Waals surface area (Å²) in [6.07, 6.45) is 1.93. The molecule has 5 rings (SSSR count). The summed E-state index contributed by atoms with van der Waals surface area (Å²) in [5, 5.41) is 7.48. The summed E-state index contributed by atoms with van der Waals surface area (Å²) in [6.45, 7) is 1.31. The van der Waals surface area contributed by atoms with Crippen molar-refractivity contribution in [2.24, 2.45) is 0 Å². The van der Waals surface area contributed by atoms with E-state index in [2.05, 4.69) is 5.32 Å². The Morgan fingerprint density at radius 3 is 2.31 bits per heavy atom. The molecule has 0 atom stereocenters. The zero-order valence-electron chi connectivity index (χ0n) is 18.8. The lowest BCUT2D eigenvalue weighted by atomic mass is 10.0. The van der Waals surface area contributed by atoms with E-state index in [0.29, 0.717) is 16.9 Å². The molecule has 3 aromatic carbocycles. The molecule has 0 unspecified atom stereocenters. The molecule has 1 aliphatic rings. The van der Waals surface area contributed by atoms with Crippen LogP contribution in [0.25, 0.3) is 16.8 Å². The van der Waals surface area contributed by atoms with Crippen molar-refractivity contribution in [2.45, 2.75) is 25.7 Å². The zero-order chi connectivity index (χ0) is 24.5. The molecule has 6 nitrogen and oxygen atoms in total. The third kappa shape index (κ3) is 4.82. The third-order valence-corrected chi connectivity index (χ3v) is 5.66. The number of esters is 1. The molecule has 0 spiro atoms. The number of hydrogen-bond acceptors (Lipinski definition) is 4. The van der Waals surface area contributed by atoms with Gasteiger partial charge in [-0.25, -0.2) is 8.78 Å². The second kappa shape index (κ2) is 9.13. The molecule has 1 aromatic heterocycles. The minimum atomic E-state index is -0.504. The molecule has 0 radical (unpaired) electrons. The first-order chi connectivity index (χ1) is 16.9. The first-order valence-corrected chi connectivity index (χ1v) is 11.1. The van der Waals surface area contributed by atoms with Gasteiger partial charge in [0.15, 0.2) is 0 Å². The third-order valence-electron chi connectivity index (χ3n) is 5.66. The fraction of sp³-hybridized carbons (Fsp3) is 0.148. The molecule has 4 aromatic rings. The molecule has 8 heteroatoms.